The van der Waals surface area contributed by atoms with Crippen molar-refractivity contribution in [2.24, 2.45) is 5.73 Å². The normalized spacial score (nSPS) is 12.3. The van der Waals surface area contributed by atoms with Crippen LogP contribution >= 0.6 is 27.5 Å². The molecule has 2 N–H and O–H groups in total. The van der Waals surface area contributed by atoms with Crippen molar-refractivity contribution >= 4 is 27.5 Å². The Morgan fingerprint density at radius 1 is 1.10 bits per heavy atom. The van der Waals surface area contributed by atoms with Gasteiger partial charge in [0, 0.05) is 15.1 Å². The van der Waals surface area contributed by atoms with Gasteiger partial charge in [-0.1, -0.05) is 33.6 Å². The van der Waals surface area contributed by atoms with E-state index in [-0.39, 0.29) is 6.04 Å². The number of benzene rings is 2. The Hall–Kier alpha value is -1.03. The maximum absolute atomic E-state index is 6.42. The molecule has 1 atom stereocenters. The number of nitrogens with two attached hydrogens (primary N) is 1. The van der Waals surface area contributed by atoms with E-state index in [1.807, 2.05) is 44.2 Å². The molecule has 1 unspecified atom stereocenters. The molecule has 0 fully saturated rings. The first-order valence-corrected chi connectivity index (χ1v) is 7.46. The monoisotopic (exact) mass is 353 g/mol. The van der Waals surface area contributed by atoms with E-state index >= 15 is 0 Å². The molecule has 2 aromatic rings. The standard InChI is InChI=1S/C16H17BrClNO/c1-9-6-11(18)4-5-12(9)16(19)13-8-14(17)10(2)7-15(13)20-3/h4-8,16H,19H2,1-3H3. The van der Waals surface area contributed by atoms with Crippen LogP contribution in [0, 0.1) is 13.8 Å². The second kappa shape index (κ2) is 6.17. The van der Waals surface area contributed by atoms with Gasteiger partial charge >= 0.3 is 0 Å². The van der Waals surface area contributed by atoms with Crippen LogP contribution < -0.4 is 10.5 Å². The van der Waals surface area contributed by atoms with E-state index in [2.05, 4.69) is 15.9 Å². The van der Waals surface area contributed by atoms with E-state index in [9.17, 15) is 0 Å². The van der Waals surface area contributed by atoms with Crippen molar-refractivity contribution < 1.29 is 4.74 Å². The molecule has 0 saturated carbocycles. The van der Waals surface area contributed by atoms with Crippen LogP contribution in [0.25, 0.3) is 0 Å². The lowest BCUT2D eigenvalue weighted by atomic mass is 9.94. The molecule has 0 aliphatic heterocycles. The summed E-state index contributed by atoms with van der Waals surface area (Å²) in [5.74, 6) is 0.799. The van der Waals surface area contributed by atoms with E-state index in [1.165, 1.54) is 0 Å². The average molecular weight is 355 g/mol. The Morgan fingerprint density at radius 2 is 1.80 bits per heavy atom. The van der Waals surface area contributed by atoms with Gasteiger partial charge < -0.3 is 10.5 Å². The number of methoxy groups -OCH3 is 1. The highest BCUT2D eigenvalue weighted by atomic mass is 79.9. The summed E-state index contributed by atoms with van der Waals surface area (Å²) in [4.78, 5) is 0. The van der Waals surface area contributed by atoms with Crippen molar-refractivity contribution in [2.75, 3.05) is 7.11 Å². The lowest BCUT2D eigenvalue weighted by Crippen LogP contribution is -2.14. The maximum Gasteiger partial charge on any atom is 0.124 e. The first kappa shape index (κ1) is 15.4. The highest BCUT2D eigenvalue weighted by molar-refractivity contribution is 9.10. The van der Waals surface area contributed by atoms with Crippen molar-refractivity contribution in [3.8, 4) is 5.75 Å². The molecule has 0 saturated heterocycles. The van der Waals surface area contributed by atoms with Gasteiger partial charge in [-0.2, -0.15) is 0 Å². The first-order chi connectivity index (χ1) is 9.43. The van der Waals surface area contributed by atoms with Crippen LogP contribution in [-0.2, 0) is 0 Å². The molecule has 0 spiro atoms. The number of ether oxygens (including phenoxy) is 1. The molecule has 0 aliphatic carbocycles. The van der Waals surface area contributed by atoms with Crippen LogP contribution in [0.15, 0.2) is 34.8 Å². The Bertz CT molecular complexity index is 643. The van der Waals surface area contributed by atoms with Gasteiger partial charge in [-0.3, -0.25) is 0 Å². The molecule has 0 aliphatic rings. The van der Waals surface area contributed by atoms with Crippen LogP contribution in [0.2, 0.25) is 5.02 Å². The van der Waals surface area contributed by atoms with E-state index in [0.29, 0.717) is 0 Å². The number of hydrogen-bond acceptors (Lipinski definition) is 2. The van der Waals surface area contributed by atoms with E-state index in [0.717, 1.165) is 37.5 Å². The molecule has 0 bridgehead atoms. The van der Waals surface area contributed by atoms with Gasteiger partial charge in [0.25, 0.3) is 0 Å². The second-order valence-corrected chi connectivity index (χ2v) is 6.11. The molecule has 4 heteroatoms. The van der Waals surface area contributed by atoms with Gasteiger partial charge in [0.1, 0.15) is 5.75 Å². The minimum absolute atomic E-state index is 0.251. The van der Waals surface area contributed by atoms with Crippen LogP contribution in [-0.4, -0.2) is 7.11 Å². The zero-order valence-corrected chi connectivity index (χ0v) is 14.0. The summed E-state index contributed by atoms with van der Waals surface area (Å²) in [6.45, 7) is 4.03. The maximum atomic E-state index is 6.42. The lowest BCUT2D eigenvalue weighted by Gasteiger charge is -2.19. The van der Waals surface area contributed by atoms with Crippen molar-refractivity contribution in [3.63, 3.8) is 0 Å². The van der Waals surface area contributed by atoms with Gasteiger partial charge in [-0.25, -0.2) is 0 Å². The van der Waals surface area contributed by atoms with Crippen molar-refractivity contribution in [2.45, 2.75) is 19.9 Å². The molecule has 0 aromatic heterocycles. The minimum atomic E-state index is -0.251. The van der Waals surface area contributed by atoms with Gasteiger partial charge in [-0.05, 0) is 54.8 Å². The van der Waals surface area contributed by atoms with Crippen LogP contribution in [0.1, 0.15) is 28.3 Å². The highest BCUT2D eigenvalue weighted by Gasteiger charge is 2.17. The third-order valence-corrected chi connectivity index (χ3v) is 4.50. The minimum Gasteiger partial charge on any atom is -0.496 e. The number of rotatable bonds is 3. The Morgan fingerprint density at radius 3 is 2.40 bits per heavy atom. The molecular weight excluding hydrogens is 338 g/mol. The highest BCUT2D eigenvalue weighted by Crippen LogP contribution is 2.34. The third kappa shape index (κ3) is 3.00. The number of aryl methyl sites for hydroxylation is 2. The summed E-state index contributed by atoms with van der Waals surface area (Å²) >= 11 is 9.55. The molecule has 2 rings (SSSR count). The average Bonchev–Trinajstić information content (AvgIpc) is 2.40. The lowest BCUT2D eigenvalue weighted by molar-refractivity contribution is 0.407. The van der Waals surface area contributed by atoms with Gasteiger partial charge in [0.2, 0.25) is 0 Å². The quantitative estimate of drug-likeness (QED) is 0.861. The smallest absolute Gasteiger partial charge is 0.124 e. The molecule has 106 valence electrons. The van der Waals surface area contributed by atoms with Gasteiger partial charge in [0.05, 0.1) is 13.2 Å². The third-order valence-electron chi connectivity index (χ3n) is 3.41. The van der Waals surface area contributed by atoms with Crippen molar-refractivity contribution in [1.29, 1.82) is 0 Å². The SMILES string of the molecule is COc1cc(C)c(Br)cc1C(N)c1ccc(Cl)cc1C. The Balaban J connectivity index is 2.52. The zero-order valence-electron chi connectivity index (χ0n) is 11.7. The molecule has 20 heavy (non-hydrogen) atoms. The molecule has 0 radical (unpaired) electrons. The van der Waals surface area contributed by atoms with Crippen molar-refractivity contribution in [3.05, 3.63) is 62.1 Å². The Kier molecular flexibility index (Phi) is 4.74. The Labute approximate surface area is 133 Å². The summed E-state index contributed by atoms with van der Waals surface area (Å²) in [5, 5.41) is 0.718. The van der Waals surface area contributed by atoms with E-state index in [1.54, 1.807) is 7.11 Å². The van der Waals surface area contributed by atoms with E-state index in [4.69, 9.17) is 22.1 Å². The molecule has 2 nitrogen and oxygen atoms in total. The van der Waals surface area contributed by atoms with Crippen molar-refractivity contribution in [1.82, 2.24) is 0 Å². The van der Waals surface area contributed by atoms with Gasteiger partial charge in [0.15, 0.2) is 0 Å². The summed E-state index contributed by atoms with van der Waals surface area (Å²) < 4.78 is 6.48. The number of halogens is 2. The fourth-order valence-electron chi connectivity index (χ4n) is 2.25. The largest absolute Gasteiger partial charge is 0.496 e. The van der Waals surface area contributed by atoms with Gasteiger partial charge in [-0.15, -0.1) is 0 Å². The predicted octanol–water partition coefficient (Wildman–Crippen LogP) is 4.78. The topological polar surface area (TPSA) is 35.2 Å². The first-order valence-electron chi connectivity index (χ1n) is 6.29. The fourth-order valence-corrected chi connectivity index (χ4v) is 2.83. The van der Waals surface area contributed by atoms with E-state index < -0.39 is 0 Å². The summed E-state index contributed by atoms with van der Waals surface area (Å²) in [6.07, 6.45) is 0. The second-order valence-electron chi connectivity index (χ2n) is 4.82. The van der Waals surface area contributed by atoms with Crippen LogP contribution in [0.5, 0.6) is 5.75 Å². The molecular formula is C16H17BrClNO. The summed E-state index contributed by atoms with van der Waals surface area (Å²) in [7, 11) is 1.66. The van der Waals surface area contributed by atoms with Crippen LogP contribution in [0.4, 0.5) is 0 Å². The predicted molar refractivity (Wildman–Crippen MR) is 87.7 cm³/mol. The fraction of sp³-hybridized carbons (Fsp3) is 0.250. The van der Waals surface area contributed by atoms with Crippen LogP contribution in [0.3, 0.4) is 0 Å². The summed E-state index contributed by atoms with van der Waals surface area (Å²) in [5.41, 5.74) is 10.6. The zero-order chi connectivity index (χ0) is 14.9. The molecule has 2 aromatic carbocycles. The molecule has 0 heterocycles. The molecule has 0 amide bonds. The number of hydrogen-bond donors (Lipinski definition) is 1. The summed E-state index contributed by atoms with van der Waals surface area (Å²) in [6, 6.07) is 9.51.